The normalized spacial score (nSPS) is 10.7. The zero-order valence-corrected chi connectivity index (χ0v) is 9.79. The van der Waals surface area contributed by atoms with Crippen molar-refractivity contribution in [3.8, 4) is 5.75 Å². The van der Waals surface area contributed by atoms with Gasteiger partial charge >= 0.3 is 0 Å². The molecule has 0 aromatic heterocycles. The fourth-order valence-corrected chi connectivity index (χ4v) is 1.57. The first-order valence-corrected chi connectivity index (χ1v) is 5.23. The Balaban J connectivity index is 2.49. The van der Waals surface area contributed by atoms with Crippen LogP contribution in [0.2, 0.25) is 0 Å². The highest BCUT2D eigenvalue weighted by Crippen LogP contribution is 2.17. The van der Waals surface area contributed by atoms with Gasteiger partial charge in [-0.2, -0.15) is 0 Å². The smallest absolute Gasteiger partial charge is 0.122 e. The maximum Gasteiger partial charge on any atom is 0.122 e. The molecule has 1 rings (SSSR count). The van der Waals surface area contributed by atoms with Crippen molar-refractivity contribution in [1.29, 1.82) is 0 Å². The van der Waals surface area contributed by atoms with E-state index < -0.39 is 0 Å². The maximum atomic E-state index is 5.30. The molecule has 0 amide bonds. The van der Waals surface area contributed by atoms with Gasteiger partial charge in [0.15, 0.2) is 0 Å². The van der Waals surface area contributed by atoms with Crippen molar-refractivity contribution in [2.24, 2.45) is 0 Å². The Bertz CT molecular complexity index is 289. The van der Waals surface area contributed by atoms with E-state index >= 15 is 0 Å². The summed E-state index contributed by atoms with van der Waals surface area (Å²) in [5, 5.41) is 3.13. The predicted octanol–water partition coefficient (Wildman–Crippen LogP) is 1.35. The highest BCUT2D eigenvalue weighted by atomic mass is 16.5. The lowest BCUT2D eigenvalue weighted by atomic mass is 10.1. The van der Waals surface area contributed by atoms with Gasteiger partial charge < -0.3 is 10.1 Å². The molecule has 0 heterocycles. The Morgan fingerprint density at radius 1 is 1.33 bits per heavy atom. The molecule has 0 fully saturated rings. The zero-order valence-electron chi connectivity index (χ0n) is 9.79. The minimum absolute atomic E-state index is 0.912. The molecule has 15 heavy (non-hydrogen) atoms. The van der Waals surface area contributed by atoms with Gasteiger partial charge in [0, 0.05) is 13.2 Å². The van der Waals surface area contributed by atoms with Crippen LogP contribution in [-0.2, 0) is 6.42 Å². The summed E-state index contributed by atoms with van der Waals surface area (Å²) >= 11 is 0. The zero-order chi connectivity index (χ0) is 11.1. The lowest BCUT2D eigenvalue weighted by molar-refractivity contribution is 0.319. The molecule has 0 aliphatic rings. The van der Waals surface area contributed by atoms with Gasteiger partial charge in [0.25, 0.3) is 0 Å². The summed E-state index contributed by atoms with van der Waals surface area (Å²) in [6.07, 6.45) is 1.02. The summed E-state index contributed by atoms with van der Waals surface area (Å²) in [4.78, 5) is 2.24. The number of ether oxygens (including phenoxy) is 1. The molecule has 84 valence electrons. The molecule has 0 unspecified atom stereocenters. The number of hydrogen-bond donors (Lipinski definition) is 1. The third-order valence-corrected chi connectivity index (χ3v) is 2.38. The Hall–Kier alpha value is -1.06. The minimum Gasteiger partial charge on any atom is -0.496 e. The van der Waals surface area contributed by atoms with E-state index in [1.54, 1.807) is 7.11 Å². The lowest BCUT2D eigenvalue weighted by Gasteiger charge is -2.16. The highest BCUT2D eigenvalue weighted by molar-refractivity contribution is 5.33. The van der Waals surface area contributed by atoms with Crippen LogP contribution < -0.4 is 10.1 Å². The molecule has 0 atom stereocenters. The molecule has 1 aromatic rings. The number of nitrogens with one attached hydrogen (secondary N) is 1. The molecular formula is C12H20N2O. The van der Waals surface area contributed by atoms with Crippen molar-refractivity contribution in [1.82, 2.24) is 10.2 Å². The number of likely N-dealkylation sites (N-methyl/N-ethyl adjacent to an activating group) is 1. The molecule has 0 saturated heterocycles. The topological polar surface area (TPSA) is 24.5 Å². The van der Waals surface area contributed by atoms with E-state index in [1.165, 1.54) is 5.56 Å². The molecule has 3 nitrogen and oxygen atoms in total. The van der Waals surface area contributed by atoms with Gasteiger partial charge in [0.1, 0.15) is 5.75 Å². The Kier molecular flexibility index (Phi) is 5.15. The highest BCUT2D eigenvalue weighted by Gasteiger charge is 2.02. The maximum absolute atomic E-state index is 5.30. The average molecular weight is 208 g/mol. The van der Waals surface area contributed by atoms with Gasteiger partial charge in [-0.25, -0.2) is 0 Å². The van der Waals surface area contributed by atoms with Crippen LogP contribution in [0.25, 0.3) is 0 Å². The molecule has 1 N–H and O–H groups in total. The van der Waals surface area contributed by atoms with Crippen LogP contribution in [0, 0.1) is 0 Å². The number of nitrogens with zero attached hydrogens (tertiary/aromatic N) is 1. The third-order valence-electron chi connectivity index (χ3n) is 2.38. The minimum atomic E-state index is 0.912. The van der Waals surface area contributed by atoms with E-state index in [9.17, 15) is 0 Å². The largest absolute Gasteiger partial charge is 0.496 e. The predicted molar refractivity (Wildman–Crippen MR) is 63.3 cm³/mol. The number of rotatable bonds is 6. The molecule has 0 radical (unpaired) electrons. The van der Waals surface area contributed by atoms with Gasteiger partial charge in [-0.05, 0) is 32.1 Å². The number of hydrogen-bond acceptors (Lipinski definition) is 3. The molecule has 0 aliphatic heterocycles. The van der Waals surface area contributed by atoms with Crippen LogP contribution in [-0.4, -0.2) is 39.3 Å². The summed E-state index contributed by atoms with van der Waals surface area (Å²) < 4.78 is 5.30. The number of benzene rings is 1. The summed E-state index contributed by atoms with van der Waals surface area (Å²) in [6.45, 7) is 1.94. The van der Waals surface area contributed by atoms with Gasteiger partial charge in [-0.3, -0.25) is 4.90 Å². The van der Waals surface area contributed by atoms with Crippen LogP contribution >= 0.6 is 0 Å². The van der Waals surface area contributed by atoms with Crippen molar-refractivity contribution in [2.45, 2.75) is 6.42 Å². The fraction of sp³-hybridized carbons (Fsp3) is 0.500. The van der Waals surface area contributed by atoms with Crippen molar-refractivity contribution >= 4 is 0 Å². The first-order valence-electron chi connectivity index (χ1n) is 5.23. The van der Waals surface area contributed by atoms with Crippen molar-refractivity contribution in [3.63, 3.8) is 0 Å². The average Bonchev–Trinajstić information content (AvgIpc) is 2.27. The van der Waals surface area contributed by atoms with E-state index in [0.717, 1.165) is 25.4 Å². The van der Waals surface area contributed by atoms with Crippen molar-refractivity contribution in [2.75, 3.05) is 34.4 Å². The lowest BCUT2D eigenvalue weighted by Crippen LogP contribution is -2.30. The standard InChI is InChI=1S/C12H20N2O/c1-13-10-14(2)9-8-11-6-4-5-7-12(11)15-3/h4-7,13H,8-10H2,1-3H3. The molecule has 3 heteroatoms. The summed E-state index contributed by atoms with van der Waals surface area (Å²) in [5.41, 5.74) is 1.27. The molecule has 0 bridgehead atoms. The first-order chi connectivity index (χ1) is 7.27. The monoisotopic (exact) mass is 208 g/mol. The summed E-state index contributed by atoms with van der Waals surface area (Å²) in [6, 6.07) is 8.18. The van der Waals surface area contributed by atoms with Crippen molar-refractivity contribution in [3.05, 3.63) is 29.8 Å². The molecule has 0 aliphatic carbocycles. The molecule has 0 spiro atoms. The second kappa shape index (κ2) is 6.43. The van der Waals surface area contributed by atoms with E-state index in [4.69, 9.17) is 4.74 Å². The van der Waals surface area contributed by atoms with Crippen LogP contribution in [0.3, 0.4) is 0 Å². The Morgan fingerprint density at radius 2 is 2.07 bits per heavy atom. The fourth-order valence-electron chi connectivity index (χ4n) is 1.57. The van der Waals surface area contributed by atoms with E-state index in [1.807, 2.05) is 19.2 Å². The third kappa shape index (κ3) is 3.90. The van der Waals surface area contributed by atoms with Gasteiger partial charge in [0.2, 0.25) is 0 Å². The second-order valence-corrected chi connectivity index (χ2v) is 3.65. The van der Waals surface area contributed by atoms with Crippen LogP contribution in [0.4, 0.5) is 0 Å². The van der Waals surface area contributed by atoms with Crippen LogP contribution in [0.1, 0.15) is 5.56 Å². The first kappa shape index (κ1) is 12.0. The van der Waals surface area contributed by atoms with Crippen LogP contribution in [0.5, 0.6) is 5.75 Å². The van der Waals surface area contributed by atoms with E-state index in [-0.39, 0.29) is 0 Å². The Labute approximate surface area is 92.0 Å². The summed E-state index contributed by atoms with van der Waals surface area (Å²) in [7, 11) is 5.78. The SMILES string of the molecule is CNCN(C)CCc1ccccc1OC. The van der Waals surface area contributed by atoms with Gasteiger partial charge in [-0.1, -0.05) is 18.2 Å². The molecule has 1 aromatic carbocycles. The van der Waals surface area contributed by atoms with Crippen molar-refractivity contribution < 1.29 is 4.74 Å². The Morgan fingerprint density at radius 3 is 2.73 bits per heavy atom. The number of methoxy groups -OCH3 is 1. The van der Waals surface area contributed by atoms with E-state index in [0.29, 0.717) is 0 Å². The van der Waals surface area contributed by atoms with Gasteiger partial charge in [-0.15, -0.1) is 0 Å². The second-order valence-electron chi connectivity index (χ2n) is 3.65. The number of para-hydroxylation sites is 1. The summed E-state index contributed by atoms with van der Waals surface area (Å²) in [5.74, 6) is 0.982. The quantitative estimate of drug-likeness (QED) is 0.714. The molecular weight excluding hydrogens is 188 g/mol. The van der Waals surface area contributed by atoms with E-state index in [2.05, 4.69) is 29.4 Å². The van der Waals surface area contributed by atoms with Gasteiger partial charge in [0.05, 0.1) is 7.11 Å². The molecule has 0 saturated carbocycles. The van der Waals surface area contributed by atoms with Crippen LogP contribution in [0.15, 0.2) is 24.3 Å².